The fraction of sp³-hybridized carbons (Fsp3) is 0.350. The van der Waals surface area contributed by atoms with Gasteiger partial charge in [-0.05, 0) is 61.7 Å². The molecular weight excluding hydrogens is 324 g/mol. The standard InChI is InChI=1S/C20H24N6/c1-25-13-10-23-20(25)15-26-11-6-16(7-12-26)17-5-9-22-19(14-17)24-18-4-2-3-8-21-18/h2-5,8-10,13-14,16H,6-7,11-12,15H2,1H3,(H,21,22,24). The molecular formula is C20H24N6. The molecule has 1 N–H and O–H groups in total. The van der Waals surface area contributed by atoms with Crippen LogP contribution in [0.1, 0.15) is 30.1 Å². The molecule has 0 saturated carbocycles. The first kappa shape index (κ1) is 16.7. The van der Waals surface area contributed by atoms with Gasteiger partial charge in [-0.25, -0.2) is 15.0 Å². The molecule has 1 aliphatic rings. The lowest BCUT2D eigenvalue weighted by Gasteiger charge is -2.32. The Morgan fingerprint density at radius 2 is 1.85 bits per heavy atom. The van der Waals surface area contributed by atoms with Crippen LogP contribution in [0.5, 0.6) is 0 Å². The third-order valence-electron chi connectivity index (χ3n) is 5.05. The fourth-order valence-corrected chi connectivity index (χ4v) is 3.51. The van der Waals surface area contributed by atoms with E-state index in [2.05, 4.69) is 48.9 Å². The van der Waals surface area contributed by atoms with Crippen molar-refractivity contribution in [2.45, 2.75) is 25.3 Å². The van der Waals surface area contributed by atoms with E-state index >= 15 is 0 Å². The van der Waals surface area contributed by atoms with Crippen molar-refractivity contribution < 1.29 is 0 Å². The van der Waals surface area contributed by atoms with Gasteiger partial charge in [0.2, 0.25) is 0 Å². The highest BCUT2D eigenvalue weighted by molar-refractivity contribution is 5.52. The van der Waals surface area contributed by atoms with Crippen molar-refractivity contribution in [2.75, 3.05) is 18.4 Å². The Morgan fingerprint density at radius 3 is 2.58 bits per heavy atom. The quantitative estimate of drug-likeness (QED) is 0.766. The molecule has 0 atom stereocenters. The molecule has 26 heavy (non-hydrogen) atoms. The Kier molecular flexibility index (Phi) is 4.93. The van der Waals surface area contributed by atoms with Gasteiger partial charge in [0.05, 0.1) is 6.54 Å². The molecule has 0 radical (unpaired) electrons. The van der Waals surface area contributed by atoms with Gasteiger partial charge < -0.3 is 9.88 Å². The van der Waals surface area contributed by atoms with Gasteiger partial charge in [0, 0.05) is 31.8 Å². The van der Waals surface area contributed by atoms with Crippen molar-refractivity contribution in [3.8, 4) is 0 Å². The molecule has 4 rings (SSSR count). The normalized spacial score (nSPS) is 15.9. The second-order valence-electron chi connectivity index (χ2n) is 6.82. The number of anilines is 2. The zero-order chi connectivity index (χ0) is 17.8. The van der Waals surface area contributed by atoms with Crippen molar-refractivity contribution in [1.82, 2.24) is 24.4 Å². The minimum absolute atomic E-state index is 0.583. The Bertz CT molecular complexity index is 836. The van der Waals surface area contributed by atoms with E-state index in [1.807, 2.05) is 36.8 Å². The number of nitrogens with zero attached hydrogens (tertiary/aromatic N) is 5. The van der Waals surface area contributed by atoms with Crippen LogP contribution >= 0.6 is 0 Å². The van der Waals surface area contributed by atoms with E-state index in [1.165, 1.54) is 5.56 Å². The second kappa shape index (κ2) is 7.66. The van der Waals surface area contributed by atoms with E-state index in [0.29, 0.717) is 5.92 Å². The maximum absolute atomic E-state index is 4.44. The lowest BCUT2D eigenvalue weighted by molar-refractivity contribution is 0.198. The topological polar surface area (TPSA) is 58.9 Å². The summed E-state index contributed by atoms with van der Waals surface area (Å²) >= 11 is 0. The molecule has 3 aromatic rings. The van der Waals surface area contributed by atoms with Gasteiger partial charge >= 0.3 is 0 Å². The molecule has 1 fully saturated rings. The number of hydrogen-bond donors (Lipinski definition) is 1. The SMILES string of the molecule is Cn1ccnc1CN1CCC(c2ccnc(Nc3ccccn3)c2)CC1. The van der Waals surface area contributed by atoms with Gasteiger partial charge in [-0.3, -0.25) is 4.90 Å². The predicted molar refractivity (Wildman–Crippen MR) is 102 cm³/mol. The molecule has 0 amide bonds. The van der Waals surface area contributed by atoms with E-state index in [1.54, 1.807) is 6.20 Å². The number of nitrogens with one attached hydrogen (secondary N) is 1. The predicted octanol–water partition coefficient (Wildman–Crippen LogP) is 3.33. The molecule has 1 saturated heterocycles. The summed E-state index contributed by atoms with van der Waals surface area (Å²) in [6.45, 7) is 3.13. The second-order valence-corrected chi connectivity index (χ2v) is 6.82. The Balaban J connectivity index is 1.37. The first-order valence-corrected chi connectivity index (χ1v) is 9.10. The van der Waals surface area contributed by atoms with Crippen LogP contribution in [-0.2, 0) is 13.6 Å². The van der Waals surface area contributed by atoms with E-state index in [0.717, 1.165) is 49.9 Å². The number of piperidine rings is 1. The molecule has 0 unspecified atom stereocenters. The van der Waals surface area contributed by atoms with Gasteiger partial charge in [-0.1, -0.05) is 6.07 Å². The van der Waals surface area contributed by atoms with Crippen LogP contribution in [0, 0.1) is 0 Å². The lowest BCUT2D eigenvalue weighted by Crippen LogP contribution is -2.33. The van der Waals surface area contributed by atoms with Gasteiger partial charge in [0.1, 0.15) is 17.5 Å². The maximum atomic E-state index is 4.44. The third kappa shape index (κ3) is 3.91. The Morgan fingerprint density at radius 1 is 1.00 bits per heavy atom. The Labute approximate surface area is 153 Å². The summed E-state index contributed by atoms with van der Waals surface area (Å²) in [6.07, 6.45) is 9.88. The van der Waals surface area contributed by atoms with Gasteiger partial charge in [-0.2, -0.15) is 0 Å². The largest absolute Gasteiger partial charge is 0.337 e. The van der Waals surface area contributed by atoms with Gasteiger partial charge in [0.15, 0.2) is 0 Å². The van der Waals surface area contributed by atoms with Crippen molar-refractivity contribution >= 4 is 11.6 Å². The number of rotatable bonds is 5. The van der Waals surface area contributed by atoms with E-state index in [9.17, 15) is 0 Å². The van der Waals surface area contributed by atoms with Crippen LogP contribution in [0.25, 0.3) is 0 Å². The number of hydrogen-bond acceptors (Lipinski definition) is 5. The van der Waals surface area contributed by atoms with Crippen LogP contribution in [0.3, 0.4) is 0 Å². The van der Waals surface area contributed by atoms with E-state index < -0.39 is 0 Å². The maximum Gasteiger partial charge on any atom is 0.131 e. The molecule has 0 bridgehead atoms. The van der Waals surface area contributed by atoms with E-state index in [4.69, 9.17) is 0 Å². The van der Waals surface area contributed by atoms with Gasteiger partial charge in [0.25, 0.3) is 0 Å². The summed E-state index contributed by atoms with van der Waals surface area (Å²) < 4.78 is 2.10. The average molecular weight is 348 g/mol. The summed E-state index contributed by atoms with van der Waals surface area (Å²) in [6, 6.07) is 10.1. The third-order valence-corrected chi connectivity index (χ3v) is 5.05. The summed E-state index contributed by atoms with van der Waals surface area (Å²) in [5.74, 6) is 3.40. The molecule has 6 nitrogen and oxygen atoms in total. The zero-order valence-corrected chi connectivity index (χ0v) is 15.0. The van der Waals surface area contributed by atoms with Crippen molar-refractivity contribution in [2.24, 2.45) is 7.05 Å². The van der Waals surface area contributed by atoms with Gasteiger partial charge in [-0.15, -0.1) is 0 Å². The first-order valence-electron chi connectivity index (χ1n) is 9.10. The van der Waals surface area contributed by atoms with Crippen LogP contribution in [0.2, 0.25) is 0 Å². The van der Waals surface area contributed by atoms with Crippen LogP contribution < -0.4 is 5.32 Å². The van der Waals surface area contributed by atoms with Crippen molar-refractivity contribution in [1.29, 1.82) is 0 Å². The van der Waals surface area contributed by atoms with Crippen LogP contribution in [0.15, 0.2) is 55.1 Å². The summed E-state index contributed by atoms with van der Waals surface area (Å²) in [5.41, 5.74) is 1.36. The number of aryl methyl sites for hydroxylation is 1. The van der Waals surface area contributed by atoms with E-state index in [-0.39, 0.29) is 0 Å². The highest BCUT2D eigenvalue weighted by Crippen LogP contribution is 2.29. The molecule has 3 aromatic heterocycles. The molecule has 1 aliphatic heterocycles. The zero-order valence-electron chi connectivity index (χ0n) is 15.0. The minimum atomic E-state index is 0.583. The summed E-state index contributed by atoms with van der Waals surface area (Å²) in [7, 11) is 2.06. The molecule has 4 heterocycles. The monoisotopic (exact) mass is 348 g/mol. The number of pyridine rings is 2. The molecule has 6 heteroatoms. The highest BCUT2D eigenvalue weighted by Gasteiger charge is 2.21. The number of imidazole rings is 1. The minimum Gasteiger partial charge on any atom is -0.337 e. The van der Waals surface area contributed by atoms with Crippen LogP contribution in [-0.4, -0.2) is 37.5 Å². The number of likely N-dealkylation sites (tertiary alicyclic amines) is 1. The molecule has 0 spiro atoms. The highest BCUT2D eigenvalue weighted by atomic mass is 15.2. The number of aromatic nitrogens is 4. The molecule has 134 valence electrons. The van der Waals surface area contributed by atoms with Crippen molar-refractivity contribution in [3.63, 3.8) is 0 Å². The average Bonchev–Trinajstić information content (AvgIpc) is 3.08. The smallest absolute Gasteiger partial charge is 0.131 e. The lowest BCUT2D eigenvalue weighted by atomic mass is 9.90. The fourth-order valence-electron chi connectivity index (χ4n) is 3.51. The molecule has 0 aromatic carbocycles. The Hall–Kier alpha value is -2.73. The molecule has 0 aliphatic carbocycles. The van der Waals surface area contributed by atoms with Crippen LogP contribution in [0.4, 0.5) is 11.6 Å². The first-order chi connectivity index (χ1) is 12.8. The van der Waals surface area contributed by atoms with Crippen molar-refractivity contribution in [3.05, 3.63) is 66.5 Å². The summed E-state index contributed by atoms with van der Waals surface area (Å²) in [5, 5.41) is 3.28. The summed E-state index contributed by atoms with van der Waals surface area (Å²) in [4.78, 5) is 15.7.